The smallest absolute Gasteiger partial charge is 0.265 e. The molecule has 4 heteroatoms. The molecule has 0 atom stereocenters. The molecule has 3 rings (SSSR count). The van der Waals surface area contributed by atoms with Gasteiger partial charge in [0.1, 0.15) is 0 Å². The molecule has 0 unspecified atom stereocenters. The molecule has 0 amide bonds. The van der Waals surface area contributed by atoms with Crippen LogP contribution in [0.15, 0.2) is 0 Å². The average Bonchev–Trinajstić information content (AvgIpc) is 1.79. The van der Waals surface area contributed by atoms with Gasteiger partial charge < -0.3 is 5.73 Å². The quantitative estimate of drug-likeness (QED) is 0.715. The molecule has 0 aliphatic heterocycles. The summed E-state index contributed by atoms with van der Waals surface area (Å²) in [6, 6.07) is 0. The molecule has 11 heavy (non-hydrogen) atoms. The summed E-state index contributed by atoms with van der Waals surface area (Å²) in [6.07, 6.45) is 1.80. The fourth-order valence-electron chi connectivity index (χ4n) is 2.27. The van der Waals surface area contributed by atoms with E-state index < -0.39 is 17.9 Å². The number of halogens is 3. The van der Waals surface area contributed by atoms with Crippen molar-refractivity contribution in [3.05, 3.63) is 0 Å². The number of nitrogens with two attached hydrogens (primary N) is 1. The molecule has 3 fully saturated rings. The molecule has 0 aromatic heterocycles. The van der Waals surface area contributed by atoms with E-state index in [1.807, 2.05) is 0 Å². The predicted octanol–water partition coefficient (Wildman–Crippen LogP) is 1.90. The number of rotatable bonds is 2. The van der Waals surface area contributed by atoms with E-state index in [0.717, 1.165) is 0 Å². The molecule has 0 saturated heterocycles. The Labute approximate surface area is 72.5 Å². The second kappa shape index (κ2) is 1.79. The van der Waals surface area contributed by atoms with E-state index in [2.05, 4.69) is 15.9 Å². The maximum atomic E-state index is 13.0. The standard InChI is InChI=1S/C7H10BrF2N/c8-6-1-5(2-6,3-6)7(9,10)4-11/h1-4,11H2. The van der Waals surface area contributed by atoms with Gasteiger partial charge in [-0.2, -0.15) is 0 Å². The first-order valence-corrected chi connectivity index (χ1v) is 4.49. The Bertz CT molecular complexity index is 185. The Kier molecular flexibility index (Phi) is 1.29. The van der Waals surface area contributed by atoms with Crippen LogP contribution in [-0.4, -0.2) is 16.8 Å². The molecule has 0 spiro atoms. The van der Waals surface area contributed by atoms with Crippen molar-refractivity contribution in [1.82, 2.24) is 0 Å². The average molecular weight is 226 g/mol. The van der Waals surface area contributed by atoms with Crippen molar-refractivity contribution in [2.24, 2.45) is 11.1 Å². The van der Waals surface area contributed by atoms with Crippen molar-refractivity contribution in [2.45, 2.75) is 29.5 Å². The van der Waals surface area contributed by atoms with E-state index in [9.17, 15) is 8.78 Å². The van der Waals surface area contributed by atoms with Crippen LogP contribution in [0.5, 0.6) is 0 Å². The van der Waals surface area contributed by atoms with Crippen molar-refractivity contribution < 1.29 is 8.78 Å². The van der Waals surface area contributed by atoms with Gasteiger partial charge in [-0.3, -0.25) is 0 Å². The largest absolute Gasteiger partial charge is 0.325 e. The van der Waals surface area contributed by atoms with Crippen LogP contribution in [-0.2, 0) is 0 Å². The van der Waals surface area contributed by atoms with Gasteiger partial charge in [0.05, 0.1) is 6.54 Å². The summed E-state index contributed by atoms with van der Waals surface area (Å²) >= 11 is 3.41. The lowest BCUT2D eigenvalue weighted by molar-refractivity contribution is -0.240. The van der Waals surface area contributed by atoms with Crippen LogP contribution in [0.4, 0.5) is 8.78 Å². The fourth-order valence-corrected chi connectivity index (χ4v) is 3.88. The van der Waals surface area contributed by atoms with Crippen molar-refractivity contribution in [2.75, 3.05) is 6.54 Å². The maximum Gasteiger partial charge on any atom is 0.265 e. The lowest BCUT2D eigenvalue weighted by atomic mass is 9.42. The van der Waals surface area contributed by atoms with Gasteiger partial charge >= 0.3 is 0 Å². The first kappa shape index (κ1) is 7.92. The molecule has 1 nitrogen and oxygen atoms in total. The maximum absolute atomic E-state index is 13.0. The molecule has 0 aromatic rings. The molecule has 3 aliphatic rings. The third-order valence-corrected chi connectivity index (χ3v) is 3.84. The van der Waals surface area contributed by atoms with Crippen molar-refractivity contribution in [1.29, 1.82) is 0 Å². The summed E-state index contributed by atoms with van der Waals surface area (Å²) in [6.45, 7) is -0.504. The summed E-state index contributed by atoms with van der Waals surface area (Å²) < 4.78 is 26.1. The second-order valence-corrected chi connectivity index (χ2v) is 5.55. The number of alkyl halides is 3. The van der Waals surface area contributed by atoms with E-state index in [1.165, 1.54) is 0 Å². The minimum atomic E-state index is -2.64. The third kappa shape index (κ3) is 0.773. The molecule has 3 aliphatic carbocycles. The predicted molar refractivity (Wildman–Crippen MR) is 41.9 cm³/mol. The molecule has 2 bridgehead atoms. The normalized spacial score (nSPS) is 48.0. The minimum Gasteiger partial charge on any atom is -0.325 e. The Balaban J connectivity index is 2.09. The minimum absolute atomic E-state index is 0.0611. The zero-order chi connectivity index (χ0) is 8.33. The zero-order valence-corrected chi connectivity index (χ0v) is 7.63. The monoisotopic (exact) mass is 225 g/mol. The van der Waals surface area contributed by atoms with Crippen LogP contribution < -0.4 is 5.73 Å². The van der Waals surface area contributed by atoms with Crippen LogP contribution >= 0.6 is 15.9 Å². The molecular weight excluding hydrogens is 216 g/mol. The molecule has 0 heterocycles. The molecule has 0 aromatic carbocycles. The van der Waals surface area contributed by atoms with Gasteiger partial charge in [0, 0.05) is 9.74 Å². The van der Waals surface area contributed by atoms with E-state index in [0.29, 0.717) is 19.3 Å². The topological polar surface area (TPSA) is 26.0 Å². The Morgan fingerprint density at radius 3 is 2.09 bits per heavy atom. The summed E-state index contributed by atoms with van der Waals surface area (Å²) in [5.41, 5.74) is 4.27. The highest BCUT2D eigenvalue weighted by Crippen LogP contribution is 2.76. The van der Waals surface area contributed by atoms with E-state index >= 15 is 0 Å². The number of hydrogen-bond acceptors (Lipinski definition) is 1. The van der Waals surface area contributed by atoms with Gasteiger partial charge in [-0.1, -0.05) is 15.9 Å². The highest BCUT2D eigenvalue weighted by molar-refractivity contribution is 9.10. The van der Waals surface area contributed by atoms with E-state index in [-0.39, 0.29) is 4.32 Å². The highest BCUT2D eigenvalue weighted by atomic mass is 79.9. The zero-order valence-electron chi connectivity index (χ0n) is 6.04. The highest BCUT2D eigenvalue weighted by Gasteiger charge is 2.75. The molecule has 2 N–H and O–H groups in total. The van der Waals surface area contributed by atoms with Gasteiger partial charge in [-0.15, -0.1) is 0 Å². The summed E-state index contributed by atoms with van der Waals surface area (Å²) in [5.74, 6) is -2.64. The Morgan fingerprint density at radius 1 is 1.36 bits per heavy atom. The van der Waals surface area contributed by atoms with Crippen LogP contribution in [0, 0.1) is 5.41 Å². The fraction of sp³-hybridized carbons (Fsp3) is 1.00. The van der Waals surface area contributed by atoms with Gasteiger partial charge in [0.2, 0.25) is 0 Å². The van der Waals surface area contributed by atoms with Gasteiger partial charge in [0.25, 0.3) is 5.92 Å². The lowest BCUT2D eigenvalue weighted by Gasteiger charge is -2.70. The Morgan fingerprint density at radius 2 is 1.82 bits per heavy atom. The van der Waals surface area contributed by atoms with E-state index in [4.69, 9.17) is 5.73 Å². The van der Waals surface area contributed by atoms with Crippen molar-refractivity contribution >= 4 is 15.9 Å². The van der Waals surface area contributed by atoms with Crippen molar-refractivity contribution in [3.8, 4) is 0 Å². The first-order valence-electron chi connectivity index (χ1n) is 3.70. The van der Waals surface area contributed by atoms with Crippen LogP contribution in [0.3, 0.4) is 0 Å². The van der Waals surface area contributed by atoms with Crippen LogP contribution in [0.25, 0.3) is 0 Å². The number of hydrogen-bond donors (Lipinski definition) is 1. The van der Waals surface area contributed by atoms with E-state index in [1.54, 1.807) is 0 Å². The first-order chi connectivity index (χ1) is 4.93. The lowest BCUT2D eigenvalue weighted by Crippen LogP contribution is -2.72. The van der Waals surface area contributed by atoms with Crippen LogP contribution in [0.2, 0.25) is 0 Å². The summed E-state index contributed by atoms with van der Waals surface area (Å²) in [5, 5.41) is 0. The van der Waals surface area contributed by atoms with Gasteiger partial charge in [-0.05, 0) is 19.3 Å². The molecule has 3 saturated carbocycles. The molecule has 64 valence electrons. The molecular formula is C7H10BrF2N. The SMILES string of the molecule is NCC(F)(F)C12CC(Br)(C1)C2. The van der Waals surface area contributed by atoms with Gasteiger partial charge in [0.15, 0.2) is 0 Å². The molecule has 0 radical (unpaired) electrons. The Hall–Kier alpha value is 0.300. The van der Waals surface area contributed by atoms with Crippen molar-refractivity contribution in [3.63, 3.8) is 0 Å². The third-order valence-electron chi connectivity index (χ3n) is 3.00. The van der Waals surface area contributed by atoms with Crippen LogP contribution in [0.1, 0.15) is 19.3 Å². The van der Waals surface area contributed by atoms with Gasteiger partial charge in [-0.25, -0.2) is 8.78 Å². The summed E-state index contributed by atoms with van der Waals surface area (Å²) in [4.78, 5) is 0. The summed E-state index contributed by atoms with van der Waals surface area (Å²) in [7, 11) is 0. The second-order valence-electron chi connectivity index (χ2n) is 3.87.